The van der Waals surface area contributed by atoms with E-state index in [1.807, 2.05) is 6.92 Å². The number of carbonyl (C=O) groups is 2. The molecule has 0 spiro atoms. The van der Waals surface area contributed by atoms with Gasteiger partial charge in [0.25, 0.3) is 5.91 Å². The van der Waals surface area contributed by atoms with Gasteiger partial charge in [-0.05, 0) is 57.2 Å². The van der Waals surface area contributed by atoms with Crippen LogP contribution in [0.15, 0.2) is 29.2 Å². The van der Waals surface area contributed by atoms with Gasteiger partial charge in [-0.2, -0.15) is 4.31 Å². The first-order valence-corrected chi connectivity index (χ1v) is 10.9. The van der Waals surface area contributed by atoms with E-state index in [2.05, 4.69) is 5.32 Å². The normalized spacial score (nSPS) is 26.6. The molecule has 2 aliphatic rings. The molecule has 1 saturated carbocycles. The number of carbonyl (C=O) groups excluding carboxylic acids is 1. The zero-order valence-corrected chi connectivity index (χ0v) is 16.2. The molecule has 2 N–H and O–H groups in total. The number of nitrogens with one attached hydrogen (secondary N) is 1. The van der Waals surface area contributed by atoms with E-state index in [0.717, 1.165) is 19.3 Å². The van der Waals surface area contributed by atoms with Crippen LogP contribution in [0.4, 0.5) is 0 Å². The highest BCUT2D eigenvalue weighted by molar-refractivity contribution is 7.89. The molecule has 3 rings (SSSR count). The second-order valence-electron chi connectivity index (χ2n) is 7.51. The van der Waals surface area contributed by atoms with Crippen LogP contribution < -0.4 is 5.32 Å². The lowest BCUT2D eigenvalue weighted by atomic mass is 10.1. The number of hydrogen-bond donors (Lipinski definition) is 2. The minimum absolute atomic E-state index is 0.0485. The Balaban J connectivity index is 1.73. The third-order valence-corrected chi connectivity index (χ3v) is 7.57. The van der Waals surface area contributed by atoms with Crippen molar-refractivity contribution in [3.05, 3.63) is 29.8 Å². The summed E-state index contributed by atoms with van der Waals surface area (Å²) >= 11 is 0. The molecule has 1 aromatic carbocycles. The predicted molar refractivity (Wildman–Crippen MR) is 99.9 cm³/mol. The van der Waals surface area contributed by atoms with Gasteiger partial charge in [0.05, 0.1) is 10.8 Å². The quantitative estimate of drug-likeness (QED) is 0.797. The van der Waals surface area contributed by atoms with Gasteiger partial charge in [-0.3, -0.25) is 9.59 Å². The van der Waals surface area contributed by atoms with Crippen LogP contribution in [0.3, 0.4) is 0 Å². The smallest absolute Gasteiger partial charge is 0.306 e. The SMILES string of the molecule is CC1CCCCN1S(=O)(=O)c1cccc(C(=O)N[C@H]2CC[C@@H](C(=O)O)C2)c1. The summed E-state index contributed by atoms with van der Waals surface area (Å²) < 4.78 is 27.4. The van der Waals surface area contributed by atoms with Gasteiger partial charge in [-0.1, -0.05) is 12.5 Å². The number of nitrogens with zero attached hydrogens (tertiary/aromatic N) is 1. The Kier molecular flexibility index (Phi) is 5.86. The maximum atomic E-state index is 13.0. The summed E-state index contributed by atoms with van der Waals surface area (Å²) in [5, 5.41) is 11.9. The van der Waals surface area contributed by atoms with Crippen molar-refractivity contribution in [2.24, 2.45) is 5.92 Å². The van der Waals surface area contributed by atoms with Crippen LogP contribution in [0.25, 0.3) is 0 Å². The van der Waals surface area contributed by atoms with E-state index in [0.29, 0.717) is 25.8 Å². The van der Waals surface area contributed by atoms with Crippen molar-refractivity contribution in [3.63, 3.8) is 0 Å². The summed E-state index contributed by atoms with van der Waals surface area (Å²) in [6, 6.07) is 5.84. The fourth-order valence-electron chi connectivity index (χ4n) is 3.97. The minimum atomic E-state index is -3.64. The van der Waals surface area contributed by atoms with E-state index < -0.39 is 21.9 Å². The fourth-order valence-corrected chi connectivity index (χ4v) is 5.71. The van der Waals surface area contributed by atoms with Gasteiger partial charge in [0, 0.05) is 24.2 Å². The minimum Gasteiger partial charge on any atom is -0.481 e. The molecule has 148 valence electrons. The zero-order valence-electron chi connectivity index (χ0n) is 15.4. The number of sulfonamides is 1. The highest BCUT2D eigenvalue weighted by atomic mass is 32.2. The lowest BCUT2D eigenvalue weighted by Gasteiger charge is -2.32. The van der Waals surface area contributed by atoms with Gasteiger partial charge in [0.15, 0.2) is 0 Å². The third kappa shape index (κ3) is 4.32. The number of hydrogen-bond acceptors (Lipinski definition) is 4. The molecule has 2 fully saturated rings. The number of carboxylic acids is 1. The van der Waals surface area contributed by atoms with Crippen molar-refractivity contribution in [1.29, 1.82) is 0 Å². The Bertz CT molecular complexity index is 823. The van der Waals surface area contributed by atoms with Crippen molar-refractivity contribution < 1.29 is 23.1 Å². The topological polar surface area (TPSA) is 104 Å². The average Bonchev–Trinajstić information content (AvgIpc) is 3.11. The maximum absolute atomic E-state index is 13.0. The highest BCUT2D eigenvalue weighted by Crippen LogP contribution is 2.27. The summed E-state index contributed by atoms with van der Waals surface area (Å²) in [4.78, 5) is 23.7. The van der Waals surface area contributed by atoms with Crippen LogP contribution in [0.5, 0.6) is 0 Å². The van der Waals surface area contributed by atoms with E-state index in [9.17, 15) is 18.0 Å². The first-order valence-electron chi connectivity index (χ1n) is 9.44. The number of rotatable bonds is 5. The molecule has 3 atom stereocenters. The second-order valence-corrected chi connectivity index (χ2v) is 9.40. The largest absolute Gasteiger partial charge is 0.481 e. The molecule has 1 heterocycles. The fraction of sp³-hybridized carbons (Fsp3) is 0.579. The van der Waals surface area contributed by atoms with Crippen molar-refractivity contribution in [2.75, 3.05) is 6.54 Å². The third-order valence-electron chi connectivity index (χ3n) is 5.56. The van der Waals surface area contributed by atoms with E-state index in [-0.39, 0.29) is 28.4 Å². The van der Waals surface area contributed by atoms with E-state index in [1.165, 1.54) is 16.4 Å². The Labute approximate surface area is 159 Å². The molecular weight excluding hydrogens is 368 g/mol. The van der Waals surface area contributed by atoms with Gasteiger partial charge in [0.2, 0.25) is 10.0 Å². The van der Waals surface area contributed by atoms with Gasteiger partial charge >= 0.3 is 5.97 Å². The van der Waals surface area contributed by atoms with Crippen molar-refractivity contribution >= 4 is 21.9 Å². The van der Waals surface area contributed by atoms with Crippen molar-refractivity contribution in [1.82, 2.24) is 9.62 Å². The Morgan fingerprint density at radius 2 is 1.96 bits per heavy atom. The predicted octanol–water partition coefficient (Wildman–Crippen LogP) is 2.23. The zero-order chi connectivity index (χ0) is 19.6. The summed E-state index contributed by atoms with van der Waals surface area (Å²) in [7, 11) is -3.64. The summed E-state index contributed by atoms with van der Waals surface area (Å²) in [5.41, 5.74) is 0.277. The number of aliphatic carboxylic acids is 1. The van der Waals surface area contributed by atoms with Crippen LogP contribution >= 0.6 is 0 Å². The van der Waals surface area contributed by atoms with Gasteiger partial charge in [-0.15, -0.1) is 0 Å². The van der Waals surface area contributed by atoms with Gasteiger partial charge < -0.3 is 10.4 Å². The van der Waals surface area contributed by atoms with Gasteiger partial charge in [0.1, 0.15) is 0 Å². The van der Waals surface area contributed by atoms with Crippen LogP contribution in [0.1, 0.15) is 55.8 Å². The molecule has 8 heteroatoms. The second kappa shape index (κ2) is 7.98. The molecule has 0 radical (unpaired) electrons. The van der Waals surface area contributed by atoms with E-state index in [4.69, 9.17) is 5.11 Å². The molecule has 1 aromatic rings. The summed E-state index contributed by atoms with van der Waals surface area (Å²) in [5.74, 6) is -1.63. The lowest BCUT2D eigenvalue weighted by molar-refractivity contribution is -0.141. The van der Waals surface area contributed by atoms with E-state index >= 15 is 0 Å². The molecule has 27 heavy (non-hydrogen) atoms. The number of carboxylic acid groups (broad SMARTS) is 1. The number of piperidine rings is 1. The lowest BCUT2D eigenvalue weighted by Crippen LogP contribution is -2.42. The number of benzene rings is 1. The van der Waals surface area contributed by atoms with E-state index in [1.54, 1.807) is 12.1 Å². The molecule has 1 aliphatic heterocycles. The van der Waals surface area contributed by atoms with Crippen molar-refractivity contribution in [3.8, 4) is 0 Å². The monoisotopic (exact) mass is 394 g/mol. The Morgan fingerprint density at radius 3 is 2.63 bits per heavy atom. The average molecular weight is 394 g/mol. The van der Waals surface area contributed by atoms with Crippen LogP contribution in [-0.4, -0.2) is 48.3 Å². The molecular formula is C19H26N2O5S. The summed E-state index contributed by atoms with van der Waals surface area (Å²) in [6.07, 6.45) is 4.27. The molecule has 1 aliphatic carbocycles. The summed E-state index contributed by atoms with van der Waals surface area (Å²) in [6.45, 7) is 2.41. The maximum Gasteiger partial charge on any atom is 0.306 e. The van der Waals surface area contributed by atoms with Crippen molar-refractivity contribution in [2.45, 2.75) is 62.4 Å². The Morgan fingerprint density at radius 1 is 1.19 bits per heavy atom. The standard InChI is InChI=1S/C19H26N2O5S/c1-13-5-2-3-10-21(13)27(25,26)17-7-4-6-14(12-17)18(22)20-16-9-8-15(11-16)19(23)24/h4,6-7,12-13,15-16H,2-3,5,8-11H2,1H3,(H,20,22)(H,23,24)/t13?,15-,16+/m1/s1. The Hall–Kier alpha value is -1.93. The van der Waals surface area contributed by atoms with Crippen LogP contribution in [0.2, 0.25) is 0 Å². The van der Waals surface area contributed by atoms with Crippen LogP contribution in [0, 0.1) is 5.92 Å². The number of amides is 1. The molecule has 0 bridgehead atoms. The first kappa shape index (κ1) is 19.8. The van der Waals surface area contributed by atoms with Crippen LogP contribution in [-0.2, 0) is 14.8 Å². The molecule has 1 saturated heterocycles. The molecule has 0 aromatic heterocycles. The van der Waals surface area contributed by atoms with Gasteiger partial charge in [-0.25, -0.2) is 8.42 Å². The highest BCUT2D eigenvalue weighted by Gasteiger charge is 2.32. The first-order chi connectivity index (χ1) is 12.8. The molecule has 7 nitrogen and oxygen atoms in total. The molecule has 1 amide bonds. The molecule has 1 unspecified atom stereocenters.